The second kappa shape index (κ2) is 7.77. The lowest BCUT2D eigenvalue weighted by Crippen LogP contribution is -2.26. The molecule has 1 heterocycles. The molecule has 0 saturated heterocycles. The van der Waals surface area contributed by atoms with Crippen LogP contribution in [0.2, 0.25) is 0 Å². The molecule has 1 amide bonds. The maximum atomic E-state index is 12.4. The predicted octanol–water partition coefficient (Wildman–Crippen LogP) is 4.48. The minimum absolute atomic E-state index is 0.0227. The molecule has 1 aliphatic heterocycles. The van der Waals surface area contributed by atoms with Crippen LogP contribution in [0.3, 0.4) is 0 Å². The van der Waals surface area contributed by atoms with Crippen molar-refractivity contribution in [1.29, 1.82) is 0 Å². The standard InChI is InChI=1S/C23H26N2O/c26-23(24-16-18-6-2-1-3-7-18)21-12-10-19(11-13-21)17-25-15-14-20-8-4-5-9-22(20)25/h4-6,8-13H,1-3,7,14-17H2,(H,24,26). The number of hydrogen-bond acceptors (Lipinski definition) is 2. The Morgan fingerprint density at radius 3 is 2.65 bits per heavy atom. The molecule has 2 aromatic rings. The quantitative estimate of drug-likeness (QED) is 0.810. The number of fused-ring (bicyclic) bond motifs is 1. The number of nitrogens with zero attached hydrogens (tertiary/aromatic N) is 1. The van der Waals surface area contributed by atoms with Crippen molar-refractivity contribution < 1.29 is 4.79 Å². The fourth-order valence-corrected chi connectivity index (χ4v) is 3.91. The Balaban J connectivity index is 1.35. The van der Waals surface area contributed by atoms with Gasteiger partial charge in [-0.25, -0.2) is 0 Å². The number of allylic oxidation sites excluding steroid dienone is 1. The fraction of sp³-hybridized carbons (Fsp3) is 0.348. The van der Waals surface area contributed by atoms with E-state index in [0.717, 1.165) is 37.9 Å². The normalized spacial score (nSPS) is 16.2. The smallest absolute Gasteiger partial charge is 0.251 e. The Morgan fingerprint density at radius 1 is 1.00 bits per heavy atom. The van der Waals surface area contributed by atoms with Gasteiger partial charge >= 0.3 is 0 Å². The summed E-state index contributed by atoms with van der Waals surface area (Å²) in [5.41, 5.74) is 6.13. The van der Waals surface area contributed by atoms with E-state index in [1.54, 1.807) is 0 Å². The summed E-state index contributed by atoms with van der Waals surface area (Å²) >= 11 is 0. The van der Waals surface area contributed by atoms with Gasteiger partial charge in [0.15, 0.2) is 0 Å². The number of hydrogen-bond donors (Lipinski definition) is 1. The minimum atomic E-state index is 0.0227. The third-order valence-corrected chi connectivity index (χ3v) is 5.43. The highest BCUT2D eigenvalue weighted by Crippen LogP contribution is 2.28. The molecule has 2 aliphatic rings. The summed E-state index contributed by atoms with van der Waals surface area (Å²) in [5.74, 6) is 0.0227. The molecule has 3 nitrogen and oxygen atoms in total. The largest absolute Gasteiger partial charge is 0.367 e. The third-order valence-electron chi connectivity index (χ3n) is 5.43. The molecule has 0 radical (unpaired) electrons. The first-order valence-corrected chi connectivity index (χ1v) is 9.67. The third kappa shape index (κ3) is 3.82. The predicted molar refractivity (Wildman–Crippen MR) is 107 cm³/mol. The van der Waals surface area contributed by atoms with Gasteiger partial charge in [0.1, 0.15) is 0 Å². The maximum absolute atomic E-state index is 12.4. The van der Waals surface area contributed by atoms with Gasteiger partial charge in [0, 0.05) is 30.9 Å². The van der Waals surface area contributed by atoms with E-state index in [9.17, 15) is 4.79 Å². The summed E-state index contributed by atoms with van der Waals surface area (Å²) in [7, 11) is 0. The van der Waals surface area contributed by atoms with Crippen LogP contribution in [-0.2, 0) is 13.0 Å². The van der Waals surface area contributed by atoms with Crippen LogP contribution in [0, 0.1) is 0 Å². The van der Waals surface area contributed by atoms with Gasteiger partial charge in [-0.3, -0.25) is 4.79 Å². The van der Waals surface area contributed by atoms with Gasteiger partial charge in [0.05, 0.1) is 0 Å². The Hall–Kier alpha value is -2.55. The number of amides is 1. The Bertz CT molecular complexity index is 807. The first-order valence-electron chi connectivity index (χ1n) is 9.67. The Morgan fingerprint density at radius 2 is 1.85 bits per heavy atom. The minimum Gasteiger partial charge on any atom is -0.367 e. The highest BCUT2D eigenvalue weighted by atomic mass is 16.1. The summed E-state index contributed by atoms with van der Waals surface area (Å²) < 4.78 is 0. The van der Waals surface area contributed by atoms with Crippen LogP contribution < -0.4 is 10.2 Å². The van der Waals surface area contributed by atoms with Crippen LogP contribution in [0.4, 0.5) is 5.69 Å². The van der Waals surface area contributed by atoms with E-state index in [1.807, 2.05) is 12.1 Å². The summed E-state index contributed by atoms with van der Waals surface area (Å²) in [6.45, 7) is 2.65. The number of benzene rings is 2. The van der Waals surface area contributed by atoms with Gasteiger partial charge in [-0.2, -0.15) is 0 Å². The van der Waals surface area contributed by atoms with Gasteiger partial charge < -0.3 is 10.2 Å². The molecule has 0 atom stereocenters. The SMILES string of the molecule is O=C(NCC1=CCCCC1)c1ccc(CN2CCc3ccccc32)cc1. The molecule has 0 fully saturated rings. The monoisotopic (exact) mass is 346 g/mol. The molecule has 0 bridgehead atoms. The number of nitrogens with one attached hydrogen (secondary N) is 1. The van der Waals surface area contributed by atoms with Gasteiger partial charge in [0.2, 0.25) is 0 Å². The molecule has 134 valence electrons. The van der Waals surface area contributed by atoms with Crippen LogP contribution in [0.25, 0.3) is 0 Å². The van der Waals surface area contributed by atoms with E-state index in [1.165, 1.54) is 35.2 Å². The Labute approximate surface area is 155 Å². The van der Waals surface area contributed by atoms with E-state index >= 15 is 0 Å². The number of anilines is 1. The molecule has 4 rings (SSSR count). The topological polar surface area (TPSA) is 32.3 Å². The summed E-state index contributed by atoms with van der Waals surface area (Å²) in [6, 6.07) is 16.7. The van der Waals surface area contributed by atoms with Crippen molar-refractivity contribution in [3.63, 3.8) is 0 Å². The first kappa shape index (κ1) is 16.9. The highest BCUT2D eigenvalue weighted by molar-refractivity contribution is 5.94. The summed E-state index contributed by atoms with van der Waals surface area (Å²) in [4.78, 5) is 14.8. The van der Waals surface area contributed by atoms with Crippen molar-refractivity contribution in [2.24, 2.45) is 0 Å². The van der Waals surface area contributed by atoms with Crippen LogP contribution in [0.5, 0.6) is 0 Å². The highest BCUT2D eigenvalue weighted by Gasteiger charge is 2.18. The zero-order valence-corrected chi connectivity index (χ0v) is 15.2. The van der Waals surface area contributed by atoms with Crippen molar-refractivity contribution in [2.75, 3.05) is 18.0 Å². The molecule has 0 aromatic heterocycles. The van der Waals surface area contributed by atoms with Gasteiger partial charge in [-0.05, 0) is 61.4 Å². The summed E-state index contributed by atoms with van der Waals surface area (Å²) in [5, 5.41) is 3.06. The molecule has 0 saturated carbocycles. The van der Waals surface area contributed by atoms with Crippen molar-refractivity contribution in [1.82, 2.24) is 5.32 Å². The maximum Gasteiger partial charge on any atom is 0.251 e. The zero-order valence-electron chi connectivity index (χ0n) is 15.2. The second-order valence-electron chi connectivity index (χ2n) is 7.29. The van der Waals surface area contributed by atoms with E-state index in [4.69, 9.17) is 0 Å². The molecule has 2 aromatic carbocycles. The van der Waals surface area contributed by atoms with Crippen molar-refractivity contribution in [3.05, 3.63) is 76.9 Å². The molecule has 1 N–H and O–H groups in total. The first-order chi connectivity index (χ1) is 12.8. The number of para-hydroxylation sites is 1. The average molecular weight is 346 g/mol. The van der Waals surface area contributed by atoms with E-state index < -0.39 is 0 Å². The lowest BCUT2D eigenvalue weighted by atomic mass is 9.99. The van der Waals surface area contributed by atoms with E-state index in [-0.39, 0.29) is 5.91 Å². The number of carbonyl (C=O) groups is 1. The zero-order chi connectivity index (χ0) is 17.8. The fourth-order valence-electron chi connectivity index (χ4n) is 3.91. The molecule has 0 spiro atoms. The van der Waals surface area contributed by atoms with Crippen LogP contribution in [-0.4, -0.2) is 19.0 Å². The molecular weight excluding hydrogens is 320 g/mol. The van der Waals surface area contributed by atoms with Gasteiger partial charge in [-0.15, -0.1) is 0 Å². The molecule has 0 unspecified atom stereocenters. The Kier molecular flexibility index (Phi) is 5.05. The van der Waals surface area contributed by atoms with Crippen LogP contribution in [0.1, 0.15) is 47.2 Å². The van der Waals surface area contributed by atoms with Crippen molar-refractivity contribution in [2.45, 2.75) is 38.6 Å². The lowest BCUT2D eigenvalue weighted by Gasteiger charge is -2.19. The van der Waals surface area contributed by atoms with E-state index in [0.29, 0.717) is 6.54 Å². The molecule has 26 heavy (non-hydrogen) atoms. The number of carbonyl (C=O) groups excluding carboxylic acids is 1. The lowest BCUT2D eigenvalue weighted by molar-refractivity contribution is 0.0956. The van der Waals surface area contributed by atoms with Gasteiger partial charge in [-0.1, -0.05) is 42.0 Å². The van der Waals surface area contributed by atoms with E-state index in [2.05, 4.69) is 52.7 Å². The summed E-state index contributed by atoms with van der Waals surface area (Å²) in [6.07, 6.45) is 8.19. The second-order valence-corrected chi connectivity index (χ2v) is 7.29. The van der Waals surface area contributed by atoms with Crippen molar-refractivity contribution in [3.8, 4) is 0 Å². The van der Waals surface area contributed by atoms with Crippen LogP contribution in [0.15, 0.2) is 60.2 Å². The molecule has 1 aliphatic carbocycles. The van der Waals surface area contributed by atoms with Crippen LogP contribution >= 0.6 is 0 Å². The van der Waals surface area contributed by atoms with Gasteiger partial charge in [0.25, 0.3) is 5.91 Å². The van der Waals surface area contributed by atoms with Crippen molar-refractivity contribution >= 4 is 11.6 Å². The molecule has 3 heteroatoms. The molecular formula is C23H26N2O. The number of rotatable bonds is 5. The average Bonchev–Trinajstić information content (AvgIpc) is 3.10.